The van der Waals surface area contributed by atoms with Crippen LogP contribution in [0.4, 0.5) is 0 Å². The van der Waals surface area contributed by atoms with Crippen molar-refractivity contribution in [2.75, 3.05) is 6.61 Å². The molecule has 2 heterocycles. The molecule has 1 N–H and O–H groups in total. The van der Waals surface area contributed by atoms with Crippen LogP contribution in [0.2, 0.25) is 0 Å². The number of hydrogen-bond donors (Lipinski definition) is 1. The van der Waals surface area contributed by atoms with Crippen LogP contribution < -0.4 is 5.32 Å². The maximum atomic E-state index is 12.4. The van der Waals surface area contributed by atoms with E-state index >= 15 is 0 Å². The lowest BCUT2D eigenvalue weighted by Gasteiger charge is -2.19. The van der Waals surface area contributed by atoms with Gasteiger partial charge in [-0.15, -0.1) is 0 Å². The molecule has 5 nitrogen and oxygen atoms in total. The van der Waals surface area contributed by atoms with Gasteiger partial charge >= 0.3 is 0 Å². The lowest BCUT2D eigenvalue weighted by Crippen LogP contribution is -2.34. The van der Waals surface area contributed by atoms with Crippen molar-refractivity contribution in [3.05, 3.63) is 23.7 Å². The van der Waals surface area contributed by atoms with Gasteiger partial charge in [0.15, 0.2) is 9.84 Å². The number of nitrogens with one attached hydrogen (secondary N) is 1. The van der Waals surface area contributed by atoms with Crippen molar-refractivity contribution >= 4 is 9.84 Å². The highest BCUT2D eigenvalue weighted by atomic mass is 32.2. The van der Waals surface area contributed by atoms with E-state index in [0.717, 1.165) is 5.76 Å². The minimum absolute atomic E-state index is 0.00432. The number of furan rings is 1. The molecule has 0 aromatic carbocycles. The molecule has 1 aliphatic rings. The quantitative estimate of drug-likeness (QED) is 0.902. The molecule has 0 aliphatic carbocycles. The predicted octanol–water partition coefficient (Wildman–Crippen LogP) is 2.26. The Hall–Kier alpha value is -0.850. The number of sulfone groups is 1. The molecule has 0 bridgehead atoms. The van der Waals surface area contributed by atoms with Crippen LogP contribution in [0.15, 0.2) is 16.5 Å². The summed E-state index contributed by atoms with van der Waals surface area (Å²) in [5.74, 6) is 1.20. The molecule has 1 saturated heterocycles. The first-order chi connectivity index (χ1) is 9.67. The zero-order chi connectivity index (χ0) is 15.7. The molecule has 2 rings (SSSR count). The van der Waals surface area contributed by atoms with E-state index in [0.29, 0.717) is 25.3 Å². The molecule has 1 fully saturated rings. The van der Waals surface area contributed by atoms with Gasteiger partial charge in [0.1, 0.15) is 17.3 Å². The fourth-order valence-corrected chi connectivity index (χ4v) is 4.32. The minimum Gasteiger partial charge on any atom is -0.464 e. The maximum Gasteiger partial charge on any atom is 0.163 e. The zero-order valence-electron chi connectivity index (χ0n) is 13.2. The van der Waals surface area contributed by atoms with Crippen molar-refractivity contribution in [3.63, 3.8) is 0 Å². The first-order valence-corrected chi connectivity index (χ1v) is 9.05. The minimum atomic E-state index is -3.23. The number of ether oxygens (including phenoxy) is 1. The molecule has 0 spiro atoms. The van der Waals surface area contributed by atoms with Gasteiger partial charge in [0.2, 0.25) is 0 Å². The first kappa shape index (κ1) is 16.5. The van der Waals surface area contributed by atoms with Gasteiger partial charge in [-0.25, -0.2) is 8.42 Å². The maximum absolute atomic E-state index is 12.4. The van der Waals surface area contributed by atoms with Crippen LogP contribution in [0.25, 0.3) is 0 Å². The highest BCUT2D eigenvalue weighted by Crippen LogP contribution is 2.24. The lowest BCUT2D eigenvalue weighted by atomic mass is 10.1. The van der Waals surface area contributed by atoms with Crippen LogP contribution >= 0.6 is 0 Å². The smallest absolute Gasteiger partial charge is 0.163 e. The largest absolute Gasteiger partial charge is 0.464 e. The van der Waals surface area contributed by atoms with Crippen LogP contribution in [0.3, 0.4) is 0 Å². The normalized spacial score (nSPS) is 23.6. The Balaban J connectivity index is 1.99. The van der Waals surface area contributed by atoms with Crippen molar-refractivity contribution in [2.45, 2.75) is 63.3 Å². The fraction of sp³-hybridized carbons (Fsp3) is 0.733. The van der Waals surface area contributed by atoms with E-state index in [1.54, 1.807) is 6.07 Å². The van der Waals surface area contributed by atoms with Gasteiger partial charge in [0.25, 0.3) is 0 Å². The molecular weight excluding hydrogens is 290 g/mol. The molecule has 21 heavy (non-hydrogen) atoms. The third kappa shape index (κ3) is 4.56. The average Bonchev–Trinajstić information content (AvgIpc) is 2.94. The van der Waals surface area contributed by atoms with E-state index in [-0.39, 0.29) is 17.4 Å². The van der Waals surface area contributed by atoms with E-state index in [1.807, 2.05) is 13.0 Å². The summed E-state index contributed by atoms with van der Waals surface area (Å²) in [4.78, 5) is 0. The van der Waals surface area contributed by atoms with Gasteiger partial charge in [-0.3, -0.25) is 0 Å². The van der Waals surface area contributed by atoms with Gasteiger partial charge in [0.05, 0.1) is 17.9 Å². The van der Waals surface area contributed by atoms with Crippen LogP contribution in [-0.2, 0) is 26.9 Å². The van der Waals surface area contributed by atoms with Crippen LogP contribution in [0.1, 0.15) is 45.6 Å². The molecular formula is C15H25NO4S. The van der Waals surface area contributed by atoms with E-state index < -0.39 is 15.1 Å². The number of rotatable bonds is 5. The molecule has 1 aliphatic heterocycles. The van der Waals surface area contributed by atoms with E-state index in [9.17, 15) is 8.42 Å². The van der Waals surface area contributed by atoms with Crippen molar-refractivity contribution in [3.8, 4) is 0 Å². The summed E-state index contributed by atoms with van der Waals surface area (Å²) in [5.41, 5.74) is -0.00432. The Bertz CT molecular complexity index is 571. The SMILES string of the molecule is CC1OCCC1S(=O)(=O)Cc1ccc(CNC(C)(C)C)o1. The van der Waals surface area contributed by atoms with Crippen LogP contribution in [-0.4, -0.2) is 31.9 Å². The standard InChI is InChI=1S/C15H25NO4S/c1-11-14(7-8-19-11)21(17,18)10-13-6-5-12(20-13)9-16-15(2,3)4/h5-6,11,14,16H,7-10H2,1-4H3. The molecule has 1 aromatic rings. The van der Waals surface area contributed by atoms with Gasteiger partial charge in [-0.2, -0.15) is 0 Å². The third-order valence-corrected chi connectivity index (χ3v) is 5.85. The van der Waals surface area contributed by atoms with Gasteiger partial charge < -0.3 is 14.5 Å². The topological polar surface area (TPSA) is 68.5 Å². The number of hydrogen-bond acceptors (Lipinski definition) is 5. The molecule has 2 unspecified atom stereocenters. The summed E-state index contributed by atoms with van der Waals surface area (Å²) >= 11 is 0. The van der Waals surface area contributed by atoms with Crippen molar-refractivity contribution in [1.29, 1.82) is 0 Å². The van der Waals surface area contributed by atoms with Crippen molar-refractivity contribution in [2.24, 2.45) is 0 Å². The van der Waals surface area contributed by atoms with Crippen molar-refractivity contribution < 1.29 is 17.6 Å². The second-order valence-electron chi connectivity index (χ2n) is 6.68. The zero-order valence-corrected chi connectivity index (χ0v) is 14.0. The monoisotopic (exact) mass is 315 g/mol. The Morgan fingerprint density at radius 2 is 1.95 bits per heavy atom. The van der Waals surface area contributed by atoms with Crippen molar-refractivity contribution in [1.82, 2.24) is 5.32 Å². The highest BCUT2D eigenvalue weighted by molar-refractivity contribution is 7.91. The Morgan fingerprint density at radius 1 is 1.29 bits per heavy atom. The molecule has 2 atom stereocenters. The second kappa shape index (κ2) is 6.10. The Kier molecular flexibility index (Phi) is 4.80. The van der Waals surface area contributed by atoms with E-state index in [1.165, 1.54) is 0 Å². The molecule has 0 saturated carbocycles. The predicted molar refractivity (Wildman–Crippen MR) is 81.7 cm³/mol. The second-order valence-corrected chi connectivity index (χ2v) is 8.90. The average molecular weight is 315 g/mol. The third-order valence-electron chi connectivity index (χ3n) is 3.62. The van der Waals surface area contributed by atoms with Crippen LogP contribution in [0, 0.1) is 0 Å². The van der Waals surface area contributed by atoms with Gasteiger partial charge in [-0.05, 0) is 46.2 Å². The summed E-state index contributed by atoms with van der Waals surface area (Å²) in [6, 6.07) is 3.58. The highest BCUT2D eigenvalue weighted by Gasteiger charge is 2.36. The van der Waals surface area contributed by atoms with Gasteiger partial charge in [-0.1, -0.05) is 0 Å². The molecule has 0 radical (unpaired) electrons. The summed E-state index contributed by atoms with van der Waals surface area (Å²) < 4.78 is 35.7. The Labute approximate surface area is 127 Å². The first-order valence-electron chi connectivity index (χ1n) is 7.33. The van der Waals surface area contributed by atoms with E-state index in [2.05, 4.69) is 26.1 Å². The van der Waals surface area contributed by atoms with Gasteiger partial charge in [0, 0.05) is 12.1 Å². The Morgan fingerprint density at radius 3 is 2.52 bits per heavy atom. The molecule has 0 amide bonds. The molecule has 1 aromatic heterocycles. The lowest BCUT2D eigenvalue weighted by molar-refractivity contribution is 0.126. The molecule has 6 heteroatoms. The summed E-state index contributed by atoms with van der Waals surface area (Å²) in [5, 5.41) is 2.90. The summed E-state index contributed by atoms with van der Waals surface area (Å²) in [6.07, 6.45) is 0.342. The van der Waals surface area contributed by atoms with Crippen LogP contribution in [0.5, 0.6) is 0 Å². The molecule has 120 valence electrons. The fourth-order valence-electron chi connectivity index (χ4n) is 2.44. The summed E-state index contributed by atoms with van der Waals surface area (Å²) in [6.45, 7) is 9.14. The summed E-state index contributed by atoms with van der Waals surface area (Å²) in [7, 11) is -3.23. The van der Waals surface area contributed by atoms with E-state index in [4.69, 9.17) is 9.15 Å².